The molecule has 1 aromatic heterocycles. The van der Waals surface area contributed by atoms with E-state index in [9.17, 15) is 4.79 Å². The molecule has 0 unspecified atom stereocenters. The zero-order valence-corrected chi connectivity index (χ0v) is 23.4. The lowest BCUT2D eigenvalue weighted by Crippen LogP contribution is -2.13. The molecule has 1 amide bonds. The fourth-order valence-electron chi connectivity index (χ4n) is 5.87. The second-order valence-electron chi connectivity index (χ2n) is 10.4. The Morgan fingerprint density at radius 2 is 0.837 bits per heavy atom. The highest BCUT2D eigenvalue weighted by Crippen LogP contribution is 2.51. The van der Waals surface area contributed by atoms with Crippen LogP contribution in [0, 0.1) is 0 Å². The molecule has 43 heavy (non-hydrogen) atoms. The fraction of sp³-hybridized carbons (Fsp3) is 0. The molecular weight excluding hydrogens is 524 g/mol. The summed E-state index contributed by atoms with van der Waals surface area (Å²) in [5, 5.41) is 3.95. The van der Waals surface area contributed by atoms with Crippen LogP contribution in [0.1, 0.15) is 10.4 Å². The molecule has 7 aromatic rings. The van der Waals surface area contributed by atoms with Crippen molar-refractivity contribution in [3.8, 4) is 44.5 Å². The van der Waals surface area contributed by atoms with Crippen molar-refractivity contribution in [2.75, 3.05) is 5.32 Å². The Bertz CT molecular complexity index is 2020. The monoisotopic (exact) mass is 552 g/mol. The summed E-state index contributed by atoms with van der Waals surface area (Å²) in [6, 6.07) is 53.1. The fourth-order valence-corrected chi connectivity index (χ4v) is 5.87. The Labute approximate surface area is 251 Å². The van der Waals surface area contributed by atoms with E-state index in [2.05, 4.69) is 90.2 Å². The summed E-state index contributed by atoms with van der Waals surface area (Å²) in [5.41, 5.74) is 10.4. The molecule has 0 bridgehead atoms. The molecular formula is C40H28N2O. The molecule has 0 spiro atoms. The van der Waals surface area contributed by atoms with E-state index in [4.69, 9.17) is 4.98 Å². The zero-order chi connectivity index (χ0) is 29.0. The van der Waals surface area contributed by atoms with Crippen LogP contribution in [0.4, 0.5) is 5.69 Å². The molecule has 1 heterocycles. The molecule has 0 saturated heterocycles. The SMILES string of the molecule is O=C(Nc1ccccc1)c1ccnc2c(-c3ccccc3)c(-c3ccccc3)c(-c3ccccc3)c(-c3ccccc3)c12. The van der Waals surface area contributed by atoms with Crippen molar-refractivity contribution in [2.24, 2.45) is 0 Å². The summed E-state index contributed by atoms with van der Waals surface area (Å²) in [5.74, 6) is -0.179. The molecule has 1 N–H and O–H groups in total. The van der Waals surface area contributed by atoms with Gasteiger partial charge in [-0.3, -0.25) is 9.78 Å². The molecule has 7 rings (SSSR count). The number of pyridine rings is 1. The van der Waals surface area contributed by atoms with E-state index >= 15 is 0 Å². The van der Waals surface area contributed by atoms with Gasteiger partial charge in [-0.15, -0.1) is 0 Å². The van der Waals surface area contributed by atoms with Crippen molar-refractivity contribution < 1.29 is 4.79 Å². The molecule has 3 heteroatoms. The minimum atomic E-state index is -0.179. The van der Waals surface area contributed by atoms with Crippen LogP contribution < -0.4 is 5.32 Å². The Balaban J connectivity index is 1.69. The smallest absolute Gasteiger partial charge is 0.256 e. The van der Waals surface area contributed by atoms with E-state index < -0.39 is 0 Å². The third-order valence-corrected chi connectivity index (χ3v) is 7.71. The van der Waals surface area contributed by atoms with E-state index in [1.54, 1.807) is 6.20 Å². The first kappa shape index (κ1) is 26.1. The van der Waals surface area contributed by atoms with E-state index in [0.717, 1.165) is 61.1 Å². The minimum Gasteiger partial charge on any atom is -0.322 e. The van der Waals surface area contributed by atoms with Gasteiger partial charge in [0.1, 0.15) is 0 Å². The van der Waals surface area contributed by atoms with Gasteiger partial charge in [0.25, 0.3) is 5.91 Å². The quantitative estimate of drug-likeness (QED) is 0.223. The molecule has 0 atom stereocenters. The summed E-state index contributed by atoms with van der Waals surface area (Å²) in [6.45, 7) is 0. The minimum absolute atomic E-state index is 0.179. The highest BCUT2D eigenvalue weighted by Gasteiger charge is 2.27. The predicted molar refractivity (Wildman–Crippen MR) is 178 cm³/mol. The number of nitrogens with zero attached hydrogens (tertiary/aromatic N) is 1. The summed E-state index contributed by atoms with van der Waals surface area (Å²) in [7, 11) is 0. The first-order valence-corrected chi connectivity index (χ1v) is 14.4. The van der Waals surface area contributed by atoms with Gasteiger partial charge in [-0.05, 0) is 46.0 Å². The van der Waals surface area contributed by atoms with Crippen molar-refractivity contribution >= 4 is 22.5 Å². The number of rotatable bonds is 6. The summed E-state index contributed by atoms with van der Waals surface area (Å²) < 4.78 is 0. The highest BCUT2D eigenvalue weighted by molar-refractivity contribution is 6.23. The third-order valence-electron chi connectivity index (χ3n) is 7.71. The van der Waals surface area contributed by atoms with Crippen LogP contribution in [0.3, 0.4) is 0 Å². The van der Waals surface area contributed by atoms with Gasteiger partial charge in [0.15, 0.2) is 0 Å². The van der Waals surface area contributed by atoms with E-state index in [1.165, 1.54) is 0 Å². The van der Waals surface area contributed by atoms with Crippen molar-refractivity contribution in [3.63, 3.8) is 0 Å². The number of hydrogen-bond donors (Lipinski definition) is 1. The number of nitrogens with one attached hydrogen (secondary N) is 1. The van der Waals surface area contributed by atoms with Crippen LogP contribution in [0.25, 0.3) is 55.4 Å². The van der Waals surface area contributed by atoms with Crippen molar-refractivity contribution in [2.45, 2.75) is 0 Å². The second-order valence-corrected chi connectivity index (χ2v) is 10.4. The third kappa shape index (κ3) is 4.98. The largest absolute Gasteiger partial charge is 0.322 e. The Kier molecular flexibility index (Phi) is 7.04. The zero-order valence-electron chi connectivity index (χ0n) is 23.4. The van der Waals surface area contributed by atoms with E-state index in [0.29, 0.717) is 5.56 Å². The first-order valence-electron chi connectivity index (χ1n) is 14.4. The summed E-state index contributed by atoms with van der Waals surface area (Å²) in [6.07, 6.45) is 1.75. The van der Waals surface area contributed by atoms with Crippen LogP contribution in [0.2, 0.25) is 0 Å². The van der Waals surface area contributed by atoms with Crippen LogP contribution >= 0.6 is 0 Å². The Hall–Kier alpha value is -5.80. The van der Waals surface area contributed by atoms with Gasteiger partial charge in [0, 0.05) is 34.0 Å². The van der Waals surface area contributed by atoms with Gasteiger partial charge in [-0.25, -0.2) is 0 Å². The van der Waals surface area contributed by atoms with Crippen molar-refractivity contribution in [1.29, 1.82) is 0 Å². The Morgan fingerprint density at radius 3 is 1.33 bits per heavy atom. The molecule has 0 saturated carbocycles. The van der Waals surface area contributed by atoms with E-state index in [1.807, 2.05) is 72.8 Å². The normalized spacial score (nSPS) is 10.9. The van der Waals surface area contributed by atoms with Crippen LogP contribution in [0.5, 0.6) is 0 Å². The number of para-hydroxylation sites is 1. The Morgan fingerprint density at radius 1 is 0.442 bits per heavy atom. The molecule has 0 fully saturated rings. The average molecular weight is 553 g/mol. The van der Waals surface area contributed by atoms with Gasteiger partial charge in [0.2, 0.25) is 0 Å². The van der Waals surface area contributed by atoms with Gasteiger partial charge in [-0.1, -0.05) is 140 Å². The van der Waals surface area contributed by atoms with Crippen molar-refractivity contribution in [1.82, 2.24) is 4.98 Å². The molecule has 0 radical (unpaired) electrons. The molecule has 0 aliphatic rings. The maximum atomic E-state index is 14.1. The van der Waals surface area contributed by atoms with Crippen LogP contribution in [-0.4, -0.2) is 10.9 Å². The van der Waals surface area contributed by atoms with E-state index in [-0.39, 0.29) is 5.91 Å². The highest BCUT2D eigenvalue weighted by atomic mass is 16.1. The molecule has 0 aliphatic carbocycles. The number of aromatic nitrogens is 1. The topological polar surface area (TPSA) is 42.0 Å². The van der Waals surface area contributed by atoms with Gasteiger partial charge >= 0.3 is 0 Å². The number of amides is 1. The molecule has 3 nitrogen and oxygen atoms in total. The molecule has 6 aromatic carbocycles. The number of carbonyl (C=O) groups excluding carboxylic acids is 1. The molecule has 204 valence electrons. The lowest BCUT2D eigenvalue weighted by atomic mass is 9.79. The maximum absolute atomic E-state index is 14.1. The lowest BCUT2D eigenvalue weighted by Gasteiger charge is -2.24. The van der Waals surface area contributed by atoms with Gasteiger partial charge < -0.3 is 5.32 Å². The maximum Gasteiger partial charge on any atom is 0.256 e. The number of hydrogen-bond acceptors (Lipinski definition) is 2. The van der Waals surface area contributed by atoms with Crippen LogP contribution in [0.15, 0.2) is 164 Å². The van der Waals surface area contributed by atoms with Gasteiger partial charge in [0.05, 0.1) is 11.1 Å². The van der Waals surface area contributed by atoms with Gasteiger partial charge in [-0.2, -0.15) is 0 Å². The number of benzene rings is 6. The lowest BCUT2D eigenvalue weighted by molar-refractivity contribution is 0.102. The standard InChI is InChI=1S/C40H28N2O/c43-40(42-32-24-14-5-15-25-32)33-26-27-41-39-37(31-22-12-4-13-23-31)35(29-18-8-2-9-19-29)34(28-16-6-1-7-17-28)36(38(33)39)30-20-10-3-11-21-30/h1-27H,(H,42,43). The first-order chi connectivity index (χ1) is 21.3. The number of fused-ring (bicyclic) bond motifs is 1. The number of anilines is 1. The second kappa shape index (κ2) is 11.6. The predicted octanol–water partition coefficient (Wildman–Crippen LogP) is 10.2. The summed E-state index contributed by atoms with van der Waals surface area (Å²) >= 11 is 0. The average Bonchev–Trinajstić information content (AvgIpc) is 3.09. The van der Waals surface area contributed by atoms with Crippen molar-refractivity contribution in [3.05, 3.63) is 169 Å². The molecule has 0 aliphatic heterocycles. The van der Waals surface area contributed by atoms with Crippen LogP contribution in [-0.2, 0) is 0 Å². The number of carbonyl (C=O) groups is 1. The summed E-state index contributed by atoms with van der Waals surface area (Å²) in [4.78, 5) is 19.2.